The molecule has 0 bridgehead atoms. The molecule has 5 heteroatoms. The van der Waals surface area contributed by atoms with E-state index in [0.717, 1.165) is 38.0 Å². The molecule has 0 amide bonds. The van der Waals surface area contributed by atoms with E-state index in [2.05, 4.69) is 4.90 Å². The van der Waals surface area contributed by atoms with E-state index in [1.54, 1.807) is 0 Å². The Morgan fingerprint density at radius 2 is 1.89 bits per heavy atom. The molecule has 1 fully saturated rings. The van der Waals surface area contributed by atoms with Gasteiger partial charge in [0.2, 0.25) is 0 Å². The summed E-state index contributed by atoms with van der Waals surface area (Å²) < 4.78 is 0. The van der Waals surface area contributed by atoms with Crippen molar-refractivity contribution in [3.8, 4) is 0 Å². The lowest BCUT2D eigenvalue weighted by atomic mass is 9.91. The average molecular weight is 304 g/mol. The minimum atomic E-state index is -0.577. The van der Waals surface area contributed by atoms with E-state index in [1.165, 1.54) is 0 Å². The van der Waals surface area contributed by atoms with E-state index in [0.29, 0.717) is 10.0 Å². The molecular weight excluding hydrogens is 285 g/mol. The summed E-state index contributed by atoms with van der Waals surface area (Å²) in [6.07, 6.45) is 1.26. The number of aliphatic hydroxyl groups is 2. The fourth-order valence-corrected chi connectivity index (χ4v) is 2.86. The van der Waals surface area contributed by atoms with Gasteiger partial charge in [-0.25, -0.2) is 0 Å². The van der Waals surface area contributed by atoms with E-state index < -0.39 is 6.10 Å². The first-order chi connectivity index (χ1) is 9.10. The normalized spacial score (nSPS) is 19.6. The molecule has 1 saturated heterocycles. The maximum absolute atomic E-state index is 9.62. The molecule has 1 unspecified atom stereocenters. The molecule has 3 nitrogen and oxygen atoms in total. The standard InChI is InChI=1S/C14H19Cl2NO2/c15-12-2-1-10(7-13(12)16)8-17-5-3-11(4-6-17)14(19)9-18/h1-2,7,11,14,18-19H,3-6,8-9H2. The molecule has 1 atom stereocenters. The summed E-state index contributed by atoms with van der Waals surface area (Å²) in [5, 5.41) is 19.7. The van der Waals surface area contributed by atoms with Gasteiger partial charge in [-0.05, 0) is 49.5 Å². The van der Waals surface area contributed by atoms with Gasteiger partial charge in [0.05, 0.1) is 22.8 Å². The van der Waals surface area contributed by atoms with Crippen LogP contribution in [0.2, 0.25) is 10.0 Å². The number of hydrogen-bond acceptors (Lipinski definition) is 3. The molecule has 1 aromatic rings. The fraction of sp³-hybridized carbons (Fsp3) is 0.571. The van der Waals surface area contributed by atoms with Crippen molar-refractivity contribution >= 4 is 23.2 Å². The smallest absolute Gasteiger partial charge is 0.0799 e. The molecule has 2 rings (SSSR count). The molecule has 2 N–H and O–H groups in total. The van der Waals surface area contributed by atoms with Crippen LogP contribution in [0.3, 0.4) is 0 Å². The topological polar surface area (TPSA) is 43.7 Å². The number of nitrogens with zero attached hydrogens (tertiary/aromatic N) is 1. The Morgan fingerprint density at radius 1 is 1.21 bits per heavy atom. The summed E-state index contributed by atoms with van der Waals surface area (Å²) in [6, 6.07) is 5.71. The molecule has 1 aliphatic heterocycles. The number of hydrogen-bond donors (Lipinski definition) is 2. The van der Waals surface area contributed by atoms with Crippen molar-refractivity contribution in [1.82, 2.24) is 4.90 Å². The summed E-state index contributed by atoms with van der Waals surface area (Å²) in [6.45, 7) is 2.57. The third-order valence-corrected chi connectivity index (χ3v) is 4.49. The van der Waals surface area contributed by atoms with Crippen LogP contribution in [0.4, 0.5) is 0 Å². The van der Waals surface area contributed by atoms with Crippen LogP contribution < -0.4 is 0 Å². The lowest BCUT2D eigenvalue weighted by Gasteiger charge is -2.33. The lowest BCUT2D eigenvalue weighted by Crippen LogP contribution is -2.38. The Hall–Kier alpha value is -0.320. The van der Waals surface area contributed by atoms with Gasteiger partial charge in [0.1, 0.15) is 0 Å². The summed E-state index contributed by atoms with van der Waals surface area (Å²) >= 11 is 11.9. The van der Waals surface area contributed by atoms with E-state index >= 15 is 0 Å². The first-order valence-corrected chi connectivity index (χ1v) is 7.31. The van der Waals surface area contributed by atoms with Crippen molar-refractivity contribution in [2.75, 3.05) is 19.7 Å². The number of rotatable bonds is 4. The molecule has 1 aromatic carbocycles. The molecule has 19 heavy (non-hydrogen) atoms. The van der Waals surface area contributed by atoms with Gasteiger partial charge < -0.3 is 10.2 Å². The third-order valence-electron chi connectivity index (χ3n) is 3.75. The fourth-order valence-electron chi connectivity index (χ4n) is 2.54. The van der Waals surface area contributed by atoms with Crippen molar-refractivity contribution in [1.29, 1.82) is 0 Å². The Morgan fingerprint density at radius 3 is 2.47 bits per heavy atom. The summed E-state index contributed by atoms with van der Waals surface area (Å²) in [5.74, 6) is 0.218. The molecule has 0 saturated carbocycles. The molecule has 0 aliphatic carbocycles. The Labute approximate surface area is 123 Å². The zero-order valence-corrected chi connectivity index (χ0v) is 12.2. The average Bonchev–Trinajstić information content (AvgIpc) is 2.43. The maximum Gasteiger partial charge on any atom is 0.0799 e. The van der Waals surface area contributed by atoms with Crippen LogP contribution in [-0.2, 0) is 6.54 Å². The van der Waals surface area contributed by atoms with Crippen molar-refractivity contribution < 1.29 is 10.2 Å². The van der Waals surface area contributed by atoms with Gasteiger partial charge in [0.15, 0.2) is 0 Å². The van der Waals surface area contributed by atoms with Crippen LogP contribution in [0.25, 0.3) is 0 Å². The van der Waals surface area contributed by atoms with Crippen LogP contribution in [0, 0.1) is 5.92 Å². The second kappa shape index (κ2) is 6.91. The van der Waals surface area contributed by atoms with Gasteiger partial charge in [-0.1, -0.05) is 29.3 Å². The van der Waals surface area contributed by atoms with Gasteiger partial charge in [-0.15, -0.1) is 0 Å². The highest BCUT2D eigenvalue weighted by atomic mass is 35.5. The minimum Gasteiger partial charge on any atom is -0.394 e. The van der Waals surface area contributed by atoms with Crippen LogP contribution in [0.15, 0.2) is 18.2 Å². The van der Waals surface area contributed by atoms with Crippen molar-refractivity contribution in [2.45, 2.75) is 25.5 Å². The minimum absolute atomic E-state index is 0.141. The second-order valence-corrected chi connectivity index (χ2v) is 5.93. The monoisotopic (exact) mass is 303 g/mol. The largest absolute Gasteiger partial charge is 0.394 e. The molecule has 1 heterocycles. The highest BCUT2D eigenvalue weighted by Gasteiger charge is 2.24. The van der Waals surface area contributed by atoms with E-state index in [1.807, 2.05) is 18.2 Å². The first-order valence-electron chi connectivity index (χ1n) is 6.55. The molecule has 1 aliphatic rings. The van der Waals surface area contributed by atoms with Crippen LogP contribution in [0.5, 0.6) is 0 Å². The van der Waals surface area contributed by atoms with Crippen molar-refractivity contribution in [3.63, 3.8) is 0 Å². The van der Waals surface area contributed by atoms with Gasteiger partial charge >= 0.3 is 0 Å². The lowest BCUT2D eigenvalue weighted by molar-refractivity contribution is 0.0172. The van der Waals surface area contributed by atoms with E-state index in [4.69, 9.17) is 28.3 Å². The summed E-state index contributed by atoms with van der Waals surface area (Å²) in [5.41, 5.74) is 1.15. The predicted molar refractivity (Wildman–Crippen MR) is 77.6 cm³/mol. The van der Waals surface area contributed by atoms with Crippen LogP contribution in [-0.4, -0.2) is 40.9 Å². The molecular formula is C14H19Cl2NO2. The van der Waals surface area contributed by atoms with Crippen molar-refractivity contribution in [3.05, 3.63) is 33.8 Å². The Bertz CT molecular complexity index is 420. The first kappa shape index (κ1) is 15.1. The van der Waals surface area contributed by atoms with Crippen LogP contribution >= 0.6 is 23.2 Å². The number of halogens is 2. The van der Waals surface area contributed by atoms with E-state index in [-0.39, 0.29) is 12.5 Å². The highest BCUT2D eigenvalue weighted by Crippen LogP contribution is 2.25. The summed E-state index contributed by atoms with van der Waals surface area (Å²) in [7, 11) is 0. The molecule has 0 radical (unpaired) electrons. The van der Waals surface area contributed by atoms with Crippen molar-refractivity contribution in [2.24, 2.45) is 5.92 Å². The SMILES string of the molecule is OCC(O)C1CCN(Cc2ccc(Cl)c(Cl)c2)CC1. The number of aliphatic hydroxyl groups excluding tert-OH is 2. The van der Waals surface area contributed by atoms with Crippen LogP contribution in [0.1, 0.15) is 18.4 Å². The molecule has 106 valence electrons. The van der Waals surface area contributed by atoms with E-state index in [9.17, 15) is 5.11 Å². The molecule has 0 spiro atoms. The zero-order valence-electron chi connectivity index (χ0n) is 10.7. The zero-order chi connectivity index (χ0) is 13.8. The molecule has 0 aromatic heterocycles. The Kier molecular flexibility index (Phi) is 5.48. The highest BCUT2D eigenvalue weighted by molar-refractivity contribution is 6.42. The maximum atomic E-state index is 9.62. The number of likely N-dealkylation sites (tertiary alicyclic amines) is 1. The predicted octanol–water partition coefficient (Wildman–Crippen LogP) is 2.56. The van der Waals surface area contributed by atoms with Gasteiger partial charge in [-0.2, -0.15) is 0 Å². The van der Waals surface area contributed by atoms with Gasteiger partial charge in [0.25, 0.3) is 0 Å². The van der Waals surface area contributed by atoms with Gasteiger partial charge in [-0.3, -0.25) is 4.90 Å². The quantitative estimate of drug-likeness (QED) is 0.898. The van der Waals surface area contributed by atoms with Gasteiger partial charge in [0, 0.05) is 6.54 Å². The number of benzene rings is 1. The second-order valence-electron chi connectivity index (χ2n) is 5.11. The third kappa shape index (κ3) is 4.07. The summed E-state index contributed by atoms with van der Waals surface area (Å²) in [4.78, 5) is 2.33. The number of piperidine rings is 1. The Balaban J connectivity index is 1.87.